The lowest BCUT2D eigenvalue weighted by molar-refractivity contribution is -0.117. The fourth-order valence-corrected chi connectivity index (χ4v) is 1.82. The van der Waals surface area contributed by atoms with Crippen LogP contribution < -0.4 is 10.6 Å². The van der Waals surface area contributed by atoms with Crippen molar-refractivity contribution in [2.75, 3.05) is 38.0 Å². The fourth-order valence-electron chi connectivity index (χ4n) is 1.82. The Labute approximate surface area is 99.8 Å². The highest BCUT2D eigenvalue weighted by Crippen LogP contribution is 2.12. The van der Waals surface area contributed by atoms with Gasteiger partial charge in [0, 0.05) is 26.2 Å². The molecule has 1 fully saturated rings. The number of hydrogen-bond donors (Lipinski definition) is 2. The lowest BCUT2D eigenvalue weighted by atomic mass is 10.3. The Morgan fingerprint density at radius 1 is 1.35 bits per heavy atom. The number of carbonyl (C=O) groups is 1. The van der Waals surface area contributed by atoms with Gasteiger partial charge in [-0.05, 0) is 12.1 Å². The molecule has 0 aromatic heterocycles. The highest BCUT2D eigenvalue weighted by molar-refractivity contribution is 5.92. The molecule has 92 valence electrons. The lowest BCUT2D eigenvalue weighted by Gasteiger charge is -2.26. The molecule has 0 unspecified atom stereocenters. The SMILES string of the molecule is O=C(CN1CCNCC1)Nc1ccccc1F. The Balaban J connectivity index is 1.86. The van der Waals surface area contributed by atoms with Crippen molar-refractivity contribution in [1.82, 2.24) is 10.2 Å². The van der Waals surface area contributed by atoms with Crippen molar-refractivity contribution in [2.45, 2.75) is 0 Å². The minimum Gasteiger partial charge on any atom is -0.322 e. The number of benzene rings is 1. The maximum atomic E-state index is 13.3. The van der Waals surface area contributed by atoms with Crippen LogP contribution in [-0.2, 0) is 4.79 Å². The van der Waals surface area contributed by atoms with Gasteiger partial charge < -0.3 is 10.6 Å². The summed E-state index contributed by atoms with van der Waals surface area (Å²) in [7, 11) is 0. The zero-order valence-corrected chi connectivity index (χ0v) is 9.58. The molecule has 1 aliphatic heterocycles. The van der Waals surface area contributed by atoms with E-state index in [1.165, 1.54) is 6.07 Å². The van der Waals surface area contributed by atoms with Gasteiger partial charge in [-0.15, -0.1) is 0 Å². The monoisotopic (exact) mass is 237 g/mol. The molecule has 2 rings (SSSR count). The highest BCUT2D eigenvalue weighted by atomic mass is 19.1. The molecule has 1 aromatic carbocycles. The van der Waals surface area contributed by atoms with Crippen LogP contribution in [0, 0.1) is 5.82 Å². The Bertz CT molecular complexity index is 391. The fraction of sp³-hybridized carbons (Fsp3) is 0.417. The van der Waals surface area contributed by atoms with Gasteiger partial charge in [0.2, 0.25) is 5.91 Å². The number of nitrogens with one attached hydrogen (secondary N) is 2. The number of piperazine rings is 1. The predicted octanol–water partition coefficient (Wildman–Crippen LogP) is 0.669. The van der Waals surface area contributed by atoms with Crippen molar-refractivity contribution in [3.05, 3.63) is 30.1 Å². The minimum absolute atomic E-state index is 0.169. The third kappa shape index (κ3) is 3.51. The second-order valence-corrected chi connectivity index (χ2v) is 4.05. The number of anilines is 1. The second-order valence-electron chi connectivity index (χ2n) is 4.05. The van der Waals surface area contributed by atoms with Crippen LogP contribution in [0.4, 0.5) is 10.1 Å². The van der Waals surface area contributed by atoms with Crippen molar-refractivity contribution in [1.29, 1.82) is 0 Å². The standard InChI is InChI=1S/C12H16FN3O/c13-10-3-1-2-4-11(10)15-12(17)9-16-7-5-14-6-8-16/h1-4,14H,5-9H2,(H,15,17). The molecule has 2 N–H and O–H groups in total. The molecule has 0 bridgehead atoms. The molecule has 4 nitrogen and oxygen atoms in total. The molecule has 1 heterocycles. The molecule has 5 heteroatoms. The third-order valence-corrected chi connectivity index (χ3v) is 2.72. The van der Waals surface area contributed by atoms with Crippen molar-refractivity contribution >= 4 is 11.6 Å². The van der Waals surface area contributed by atoms with E-state index < -0.39 is 5.82 Å². The van der Waals surface area contributed by atoms with Gasteiger partial charge in [-0.3, -0.25) is 9.69 Å². The zero-order valence-electron chi connectivity index (χ0n) is 9.58. The average Bonchev–Trinajstić information content (AvgIpc) is 2.33. The Kier molecular flexibility index (Phi) is 4.06. The molecule has 1 amide bonds. The first-order valence-electron chi connectivity index (χ1n) is 5.73. The predicted molar refractivity (Wildman–Crippen MR) is 64.3 cm³/mol. The smallest absolute Gasteiger partial charge is 0.238 e. The van der Waals surface area contributed by atoms with Crippen LogP contribution in [-0.4, -0.2) is 43.5 Å². The highest BCUT2D eigenvalue weighted by Gasteiger charge is 2.14. The van der Waals surface area contributed by atoms with Crippen LogP contribution in [0.2, 0.25) is 0 Å². The van der Waals surface area contributed by atoms with Gasteiger partial charge in [-0.25, -0.2) is 4.39 Å². The van der Waals surface area contributed by atoms with Crippen molar-refractivity contribution in [2.24, 2.45) is 0 Å². The van der Waals surface area contributed by atoms with E-state index in [0.29, 0.717) is 6.54 Å². The Morgan fingerprint density at radius 2 is 2.06 bits per heavy atom. The molecule has 0 radical (unpaired) electrons. The first-order chi connectivity index (χ1) is 8.25. The van der Waals surface area contributed by atoms with Gasteiger partial charge in [-0.2, -0.15) is 0 Å². The molecule has 1 aromatic rings. The van der Waals surface area contributed by atoms with Gasteiger partial charge >= 0.3 is 0 Å². The first kappa shape index (κ1) is 12.0. The summed E-state index contributed by atoms with van der Waals surface area (Å²) in [5.41, 5.74) is 0.243. The maximum Gasteiger partial charge on any atom is 0.238 e. The molecular weight excluding hydrogens is 221 g/mol. The summed E-state index contributed by atoms with van der Waals surface area (Å²) >= 11 is 0. The van der Waals surface area contributed by atoms with Gasteiger partial charge in [0.05, 0.1) is 12.2 Å². The van der Waals surface area contributed by atoms with E-state index in [2.05, 4.69) is 10.6 Å². The largest absolute Gasteiger partial charge is 0.322 e. The van der Waals surface area contributed by atoms with E-state index in [1.807, 2.05) is 4.90 Å². The number of nitrogens with zero attached hydrogens (tertiary/aromatic N) is 1. The van der Waals surface area contributed by atoms with E-state index in [-0.39, 0.29) is 11.6 Å². The number of rotatable bonds is 3. The zero-order chi connectivity index (χ0) is 12.1. The summed E-state index contributed by atoms with van der Waals surface area (Å²) in [5, 5.41) is 5.79. The molecule has 1 saturated heterocycles. The molecule has 0 atom stereocenters. The normalized spacial score (nSPS) is 16.8. The molecule has 17 heavy (non-hydrogen) atoms. The van der Waals surface area contributed by atoms with Crippen LogP contribution in [0.5, 0.6) is 0 Å². The van der Waals surface area contributed by atoms with Crippen molar-refractivity contribution in [3.8, 4) is 0 Å². The Hall–Kier alpha value is -1.46. The van der Waals surface area contributed by atoms with E-state index in [4.69, 9.17) is 0 Å². The molecule has 1 aliphatic rings. The third-order valence-electron chi connectivity index (χ3n) is 2.72. The molecule has 0 aliphatic carbocycles. The Morgan fingerprint density at radius 3 is 2.76 bits per heavy atom. The number of halogens is 1. The number of hydrogen-bond acceptors (Lipinski definition) is 3. The maximum absolute atomic E-state index is 13.3. The number of amides is 1. The quantitative estimate of drug-likeness (QED) is 0.812. The van der Waals surface area contributed by atoms with Crippen LogP contribution in [0.3, 0.4) is 0 Å². The van der Waals surface area contributed by atoms with Crippen molar-refractivity contribution < 1.29 is 9.18 Å². The average molecular weight is 237 g/mol. The van der Waals surface area contributed by atoms with Gasteiger partial charge in [-0.1, -0.05) is 12.1 Å². The summed E-state index contributed by atoms with van der Waals surface area (Å²) in [6, 6.07) is 6.19. The minimum atomic E-state index is -0.402. The van der Waals surface area contributed by atoms with E-state index >= 15 is 0 Å². The summed E-state index contributed by atoms with van der Waals surface area (Å²) < 4.78 is 13.3. The van der Waals surface area contributed by atoms with E-state index in [1.54, 1.807) is 18.2 Å². The van der Waals surface area contributed by atoms with Gasteiger partial charge in [0.25, 0.3) is 0 Å². The van der Waals surface area contributed by atoms with Crippen LogP contribution in [0.25, 0.3) is 0 Å². The van der Waals surface area contributed by atoms with Gasteiger partial charge in [0.15, 0.2) is 0 Å². The molecular formula is C12H16FN3O. The van der Waals surface area contributed by atoms with Gasteiger partial charge in [0.1, 0.15) is 5.82 Å². The summed E-state index contributed by atoms with van der Waals surface area (Å²) in [6.07, 6.45) is 0. The summed E-state index contributed by atoms with van der Waals surface area (Å²) in [6.45, 7) is 3.81. The van der Waals surface area contributed by atoms with Crippen LogP contribution in [0.15, 0.2) is 24.3 Å². The second kappa shape index (κ2) is 5.75. The summed E-state index contributed by atoms with van der Waals surface area (Å²) in [4.78, 5) is 13.7. The molecule has 0 spiro atoms. The number of carbonyl (C=O) groups excluding carboxylic acids is 1. The van der Waals surface area contributed by atoms with E-state index in [0.717, 1.165) is 26.2 Å². The molecule has 0 saturated carbocycles. The first-order valence-corrected chi connectivity index (χ1v) is 5.73. The van der Waals surface area contributed by atoms with Crippen molar-refractivity contribution in [3.63, 3.8) is 0 Å². The van der Waals surface area contributed by atoms with Crippen LogP contribution in [0.1, 0.15) is 0 Å². The number of para-hydroxylation sites is 1. The topological polar surface area (TPSA) is 44.4 Å². The summed E-state index contributed by atoms with van der Waals surface area (Å²) in [5.74, 6) is -0.571. The van der Waals surface area contributed by atoms with Crippen LogP contribution >= 0.6 is 0 Å². The van der Waals surface area contributed by atoms with E-state index in [9.17, 15) is 9.18 Å². The lowest BCUT2D eigenvalue weighted by Crippen LogP contribution is -2.46.